The van der Waals surface area contributed by atoms with Crippen molar-refractivity contribution in [2.45, 2.75) is 33.2 Å². The van der Waals surface area contributed by atoms with Gasteiger partial charge >= 0.3 is 0 Å². The summed E-state index contributed by atoms with van der Waals surface area (Å²) in [6.45, 7) is 8.51. The average Bonchev–Trinajstić information content (AvgIpc) is 2.16. The molecule has 2 nitrogen and oxygen atoms in total. The van der Waals surface area contributed by atoms with Gasteiger partial charge in [-0.25, -0.2) is 0 Å². The molecular formula is C13H21NO. The maximum Gasteiger partial charge on any atom is 0.126 e. The summed E-state index contributed by atoms with van der Waals surface area (Å²) in [5.74, 6) is 0.986. The summed E-state index contributed by atoms with van der Waals surface area (Å²) >= 11 is 0. The topological polar surface area (TPSA) is 21.3 Å². The SMILES string of the molecule is CNC(C)(C)c1cc(C)cc(C)c1OC. The van der Waals surface area contributed by atoms with Gasteiger partial charge in [-0.3, -0.25) is 0 Å². The van der Waals surface area contributed by atoms with Gasteiger partial charge in [0.15, 0.2) is 0 Å². The zero-order valence-corrected chi connectivity index (χ0v) is 10.6. The van der Waals surface area contributed by atoms with Crippen LogP contribution < -0.4 is 10.1 Å². The van der Waals surface area contributed by atoms with E-state index in [0.717, 1.165) is 5.75 Å². The summed E-state index contributed by atoms with van der Waals surface area (Å²) in [6.07, 6.45) is 0. The lowest BCUT2D eigenvalue weighted by Gasteiger charge is -2.28. The van der Waals surface area contributed by atoms with Crippen LogP contribution in [0.2, 0.25) is 0 Å². The van der Waals surface area contributed by atoms with Crippen molar-refractivity contribution in [2.24, 2.45) is 0 Å². The molecule has 0 radical (unpaired) electrons. The highest BCUT2D eigenvalue weighted by Crippen LogP contribution is 2.33. The molecule has 1 aromatic carbocycles. The van der Waals surface area contributed by atoms with Crippen LogP contribution in [0, 0.1) is 13.8 Å². The van der Waals surface area contributed by atoms with Crippen molar-refractivity contribution in [2.75, 3.05) is 14.2 Å². The predicted molar refractivity (Wildman–Crippen MR) is 64.6 cm³/mol. The van der Waals surface area contributed by atoms with Crippen molar-refractivity contribution in [1.29, 1.82) is 0 Å². The summed E-state index contributed by atoms with van der Waals surface area (Å²) < 4.78 is 5.48. The summed E-state index contributed by atoms with van der Waals surface area (Å²) in [5, 5.41) is 3.31. The van der Waals surface area contributed by atoms with Crippen LogP contribution in [-0.2, 0) is 5.54 Å². The highest BCUT2D eigenvalue weighted by Gasteiger charge is 2.23. The molecule has 0 saturated heterocycles. The van der Waals surface area contributed by atoms with Crippen LogP contribution in [0.25, 0.3) is 0 Å². The Morgan fingerprint density at radius 1 is 1.20 bits per heavy atom. The molecule has 0 fully saturated rings. The van der Waals surface area contributed by atoms with E-state index in [2.05, 4.69) is 45.1 Å². The van der Waals surface area contributed by atoms with Gasteiger partial charge in [0.2, 0.25) is 0 Å². The van der Waals surface area contributed by atoms with Crippen molar-refractivity contribution in [3.8, 4) is 5.75 Å². The van der Waals surface area contributed by atoms with Gasteiger partial charge in [0.1, 0.15) is 5.75 Å². The van der Waals surface area contributed by atoms with Crippen LogP contribution >= 0.6 is 0 Å². The first-order valence-corrected chi connectivity index (χ1v) is 5.27. The number of hydrogen-bond donors (Lipinski definition) is 1. The first-order chi connectivity index (χ1) is 6.92. The molecule has 0 aliphatic heterocycles. The highest BCUT2D eigenvalue weighted by molar-refractivity contribution is 5.47. The molecule has 0 aliphatic carbocycles. The van der Waals surface area contributed by atoms with E-state index < -0.39 is 0 Å². The third-order valence-corrected chi connectivity index (χ3v) is 2.92. The van der Waals surface area contributed by atoms with Crippen molar-refractivity contribution < 1.29 is 4.74 Å². The van der Waals surface area contributed by atoms with Gasteiger partial charge in [-0.05, 0) is 40.3 Å². The molecule has 0 heterocycles. The van der Waals surface area contributed by atoms with Gasteiger partial charge in [-0.1, -0.05) is 17.7 Å². The first kappa shape index (κ1) is 12.1. The molecule has 0 atom stereocenters. The molecule has 0 spiro atoms. The predicted octanol–water partition coefficient (Wildman–Crippen LogP) is 2.77. The van der Waals surface area contributed by atoms with Crippen molar-refractivity contribution in [1.82, 2.24) is 5.32 Å². The molecule has 0 amide bonds. The zero-order chi connectivity index (χ0) is 11.6. The minimum absolute atomic E-state index is 0.0673. The number of ether oxygens (including phenoxy) is 1. The fourth-order valence-corrected chi connectivity index (χ4v) is 1.82. The van der Waals surface area contributed by atoms with Gasteiger partial charge in [0, 0.05) is 11.1 Å². The van der Waals surface area contributed by atoms with Crippen LogP contribution in [0.4, 0.5) is 0 Å². The van der Waals surface area contributed by atoms with E-state index in [1.165, 1.54) is 16.7 Å². The minimum atomic E-state index is -0.0673. The van der Waals surface area contributed by atoms with E-state index in [-0.39, 0.29) is 5.54 Å². The van der Waals surface area contributed by atoms with Crippen LogP contribution in [0.3, 0.4) is 0 Å². The Morgan fingerprint density at radius 2 is 1.80 bits per heavy atom. The van der Waals surface area contributed by atoms with Crippen LogP contribution in [0.15, 0.2) is 12.1 Å². The van der Waals surface area contributed by atoms with Crippen molar-refractivity contribution in [3.05, 3.63) is 28.8 Å². The number of benzene rings is 1. The van der Waals surface area contributed by atoms with E-state index in [1.54, 1.807) is 7.11 Å². The molecule has 1 aromatic rings. The quantitative estimate of drug-likeness (QED) is 0.823. The summed E-state index contributed by atoms with van der Waals surface area (Å²) in [6, 6.07) is 4.33. The first-order valence-electron chi connectivity index (χ1n) is 5.27. The fourth-order valence-electron chi connectivity index (χ4n) is 1.82. The molecule has 84 valence electrons. The number of nitrogens with one attached hydrogen (secondary N) is 1. The smallest absolute Gasteiger partial charge is 0.126 e. The monoisotopic (exact) mass is 207 g/mol. The second-order valence-corrected chi connectivity index (χ2v) is 4.54. The highest BCUT2D eigenvalue weighted by atomic mass is 16.5. The second-order valence-electron chi connectivity index (χ2n) is 4.54. The molecule has 2 heteroatoms. The molecule has 0 aliphatic rings. The van der Waals surface area contributed by atoms with E-state index in [1.807, 2.05) is 7.05 Å². The number of rotatable bonds is 3. The summed E-state index contributed by atoms with van der Waals surface area (Å²) in [4.78, 5) is 0. The van der Waals surface area contributed by atoms with Crippen LogP contribution in [0.5, 0.6) is 5.75 Å². The Hall–Kier alpha value is -1.02. The maximum atomic E-state index is 5.48. The summed E-state index contributed by atoms with van der Waals surface area (Å²) in [5.41, 5.74) is 3.61. The number of hydrogen-bond acceptors (Lipinski definition) is 2. The molecule has 1 N–H and O–H groups in total. The number of methoxy groups -OCH3 is 1. The van der Waals surface area contributed by atoms with E-state index in [4.69, 9.17) is 4.74 Å². The Labute approximate surface area is 92.6 Å². The van der Waals surface area contributed by atoms with Gasteiger partial charge in [0.25, 0.3) is 0 Å². The van der Waals surface area contributed by atoms with Crippen molar-refractivity contribution in [3.63, 3.8) is 0 Å². The van der Waals surface area contributed by atoms with Crippen LogP contribution in [0.1, 0.15) is 30.5 Å². The standard InChI is InChI=1S/C13H21NO/c1-9-7-10(2)12(15-6)11(8-9)13(3,4)14-5/h7-8,14H,1-6H3. The van der Waals surface area contributed by atoms with E-state index in [9.17, 15) is 0 Å². The lowest BCUT2D eigenvalue weighted by atomic mass is 9.90. The molecule has 0 saturated carbocycles. The maximum absolute atomic E-state index is 5.48. The zero-order valence-electron chi connectivity index (χ0n) is 10.6. The van der Waals surface area contributed by atoms with Gasteiger partial charge < -0.3 is 10.1 Å². The Balaban J connectivity index is 3.39. The number of aryl methyl sites for hydroxylation is 2. The third-order valence-electron chi connectivity index (χ3n) is 2.92. The molecule has 0 bridgehead atoms. The average molecular weight is 207 g/mol. The molecule has 15 heavy (non-hydrogen) atoms. The second kappa shape index (κ2) is 4.23. The van der Waals surface area contributed by atoms with E-state index in [0.29, 0.717) is 0 Å². The molecule has 0 unspecified atom stereocenters. The largest absolute Gasteiger partial charge is 0.496 e. The fraction of sp³-hybridized carbons (Fsp3) is 0.538. The normalized spacial score (nSPS) is 11.6. The lowest BCUT2D eigenvalue weighted by molar-refractivity contribution is 0.372. The van der Waals surface area contributed by atoms with Crippen molar-refractivity contribution >= 4 is 0 Å². The van der Waals surface area contributed by atoms with E-state index >= 15 is 0 Å². The molecular weight excluding hydrogens is 186 g/mol. The Morgan fingerprint density at radius 3 is 2.27 bits per heavy atom. The summed E-state index contributed by atoms with van der Waals surface area (Å²) in [7, 11) is 3.70. The molecule has 1 rings (SSSR count). The van der Waals surface area contributed by atoms with Gasteiger partial charge in [0.05, 0.1) is 7.11 Å². The van der Waals surface area contributed by atoms with Gasteiger partial charge in [-0.15, -0.1) is 0 Å². The third kappa shape index (κ3) is 2.32. The molecule has 0 aromatic heterocycles. The van der Waals surface area contributed by atoms with Gasteiger partial charge in [-0.2, -0.15) is 0 Å². The Bertz CT molecular complexity index is 356. The lowest BCUT2D eigenvalue weighted by Crippen LogP contribution is -2.33. The van der Waals surface area contributed by atoms with Crippen LogP contribution in [-0.4, -0.2) is 14.2 Å². The minimum Gasteiger partial charge on any atom is -0.496 e. The Kier molecular flexibility index (Phi) is 3.40.